The van der Waals surface area contributed by atoms with Gasteiger partial charge in [-0.05, 0) is 12.1 Å². The fourth-order valence-corrected chi connectivity index (χ4v) is 1.74. The number of aromatic nitrogens is 1. The van der Waals surface area contributed by atoms with Crippen molar-refractivity contribution in [2.24, 2.45) is 0 Å². The lowest BCUT2D eigenvalue weighted by molar-refractivity contribution is 0.0696. The Balaban J connectivity index is 2.73. The largest absolute Gasteiger partial charge is 0.478 e. The van der Waals surface area contributed by atoms with Crippen LogP contribution in [0.15, 0.2) is 18.3 Å². The van der Waals surface area contributed by atoms with Gasteiger partial charge in [0.1, 0.15) is 0 Å². The molecule has 1 unspecified atom stereocenters. The van der Waals surface area contributed by atoms with E-state index in [-0.39, 0.29) is 10.8 Å². The van der Waals surface area contributed by atoms with E-state index in [2.05, 4.69) is 4.98 Å². The highest BCUT2D eigenvalue weighted by Crippen LogP contribution is 2.06. The molecule has 1 N–H and O–H groups in total. The predicted octanol–water partition coefficient (Wildman–Crippen LogP) is 1.44. The van der Waals surface area contributed by atoms with Crippen LogP contribution in [0, 0.1) is 0 Å². The van der Waals surface area contributed by atoms with Gasteiger partial charge in [0.2, 0.25) is 0 Å². The van der Waals surface area contributed by atoms with E-state index in [0.717, 1.165) is 0 Å². The lowest BCUT2D eigenvalue weighted by Crippen LogP contribution is -2.09. The molecule has 0 fully saturated rings. The van der Waals surface area contributed by atoms with Crippen molar-refractivity contribution in [2.75, 3.05) is 0 Å². The van der Waals surface area contributed by atoms with E-state index in [1.807, 2.05) is 13.8 Å². The molecule has 1 aromatic heterocycles. The highest BCUT2D eigenvalue weighted by molar-refractivity contribution is 7.84. The molecule has 0 radical (unpaired) electrons. The summed E-state index contributed by atoms with van der Waals surface area (Å²) < 4.78 is 11.5. The number of carbonyl (C=O) groups is 1. The Kier molecular flexibility index (Phi) is 3.96. The van der Waals surface area contributed by atoms with E-state index in [1.54, 1.807) is 6.07 Å². The van der Waals surface area contributed by atoms with Crippen molar-refractivity contribution in [3.05, 3.63) is 29.6 Å². The molecule has 0 aliphatic heterocycles. The molecule has 15 heavy (non-hydrogen) atoms. The molecule has 1 heterocycles. The summed E-state index contributed by atoms with van der Waals surface area (Å²) in [5.74, 6) is -0.628. The first-order chi connectivity index (χ1) is 7.00. The van der Waals surface area contributed by atoms with Crippen LogP contribution >= 0.6 is 0 Å². The lowest BCUT2D eigenvalue weighted by Gasteiger charge is -2.04. The number of carboxylic acids is 1. The van der Waals surface area contributed by atoms with Crippen molar-refractivity contribution in [3.63, 3.8) is 0 Å². The van der Waals surface area contributed by atoms with E-state index in [4.69, 9.17) is 5.11 Å². The van der Waals surface area contributed by atoms with Crippen LogP contribution in [0.25, 0.3) is 0 Å². The zero-order chi connectivity index (χ0) is 11.4. The highest BCUT2D eigenvalue weighted by atomic mass is 32.2. The minimum absolute atomic E-state index is 0.0888. The third-order valence-corrected chi connectivity index (χ3v) is 3.52. The number of aromatic carboxylic acids is 1. The molecule has 82 valence electrons. The van der Waals surface area contributed by atoms with Crippen LogP contribution in [0.1, 0.15) is 29.9 Å². The lowest BCUT2D eigenvalue weighted by atomic mass is 10.2. The molecule has 0 saturated heterocycles. The van der Waals surface area contributed by atoms with Crippen LogP contribution in [-0.2, 0) is 16.6 Å². The topological polar surface area (TPSA) is 67.3 Å². The van der Waals surface area contributed by atoms with Crippen LogP contribution in [0.2, 0.25) is 0 Å². The first-order valence-corrected chi connectivity index (χ1v) is 5.94. The summed E-state index contributed by atoms with van der Waals surface area (Å²) in [6.07, 6.45) is 1.29. The Morgan fingerprint density at radius 1 is 1.53 bits per heavy atom. The molecule has 1 atom stereocenters. The van der Waals surface area contributed by atoms with Crippen molar-refractivity contribution in [1.82, 2.24) is 4.98 Å². The SMILES string of the molecule is CC(C)S(=O)Cc1ccc(C(=O)O)cn1. The van der Waals surface area contributed by atoms with Crippen LogP contribution in [0.5, 0.6) is 0 Å². The molecule has 1 rings (SSSR count). The standard InChI is InChI=1S/C10H13NO3S/c1-7(2)15(14)6-9-4-3-8(5-11-9)10(12)13/h3-5,7H,6H2,1-2H3,(H,12,13). The van der Waals surface area contributed by atoms with Crippen molar-refractivity contribution in [1.29, 1.82) is 0 Å². The van der Waals surface area contributed by atoms with Gasteiger partial charge in [0.15, 0.2) is 0 Å². The molecule has 5 heteroatoms. The van der Waals surface area contributed by atoms with E-state index < -0.39 is 16.8 Å². The number of hydrogen-bond acceptors (Lipinski definition) is 3. The maximum absolute atomic E-state index is 11.5. The van der Waals surface area contributed by atoms with Gasteiger partial charge in [-0.25, -0.2) is 4.79 Å². The number of hydrogen-bond donors (Lipinski definition) is 1. The Bertz CT molecular complexity index is 373. The second-order valence-corrected chi connectivity index (χ2v) is 5.41. The molecule has 1 aromatic rings. The first-order valence-electron chi connectivity index (χ1n) is 4.56. The Morgan fingerprint density at radius 2 is 2.20 bits per heavy atom. The van der Waals surface area contributed by atoms with Crippen LogP contribution in [0.3, 0.4) is 0 Å². The third-order valence-electron chi connectivity index (χ3n) is 1.89. The summed E-state index contributed by atoms with van der Waals surface area (Å²) >= 11 is 0. The molecule has 4 nitrogen and oxygen atoms in total. The molecule has 0 aliphatic rings. The number of pyridine rings is 1. The summed E-state index contributed by atoms with van der Waals surface area (Å²) in [7, 11) is -0.950. The minimum Gasteiger partial charge on any atom is -0.478 e. The normalized spacial score (nSPS) is 12.7. The third kappa shape index (κ3) is 3.43. The second-order valence-electron chi connectivity index (χ2n) is 3.42. The number of rotatable bonds is 4. The van der Waals surface area contributed by atoms with Crippen LogP contribution < -0.4 is 0 Å². The van der Waals surface area contributed by atoms with E-state index in [9.17, 15) is 9.00 Å². The molecule has 0 aromatic carbocycles. The summed E-state index contributed by atoms with van der Waals surface area (Å²) in [4.78, 5) is 14.5. The van der Waals surface area contributed by atoms with E-state index in [1.165, 1.54) is 12.3 Å². The van der Waals surface area contributed by atoms with Gasteiger partial charge in [0, 0.05) is 22.2 Å². The van der Waals surface area contributed by atoms with Gasteiger partial charge in [-0.1, -0.05) is 13.8 Å². The zero-order valence-electron chi connectivity index (χ0n) is 8.64. The number of carboxylic acid groups (broad SMARTS) is 1. The Hall–Kier alpha value is -1.23. The van der Waals surface area contributed by atoms with Crippen molar-refractivity contribution in [3.8, 4) is 0 Å². The molecule has 0 amide bonds. The van der Waals surface area contributed by atoms with Crippen molar-refractivity contribution >= 4 is 16.8 Å². The van der Waals surface area contributed by atoms with Gasteiger partial charge in [-0.15, -0.1) is 0 Å². The summed E-state index contributed by atoms with van der Waals surface area (Å²) in [5, 5.41) is 8.73. The average Bonchev–Trinajstić information content (AvgIpc) is 2.18. The van der Waals surface area contributed by atoms with Crippen molar-refractivity contribution in [2.45, 2.75) is 24.9 Å². The Morgan fingerprint density at radius 3 is 2.60 bits per heavy atom. The van der Waals surface area contributed by atoms with Gasteiger partial charge in [-0.2, -0.15) is 0 Å². The van der Waals surface area contributed by atoms with Gasteiger partial charge in [-0.3, -0.25) is 9.19 Å². The molecule has 0 saturated carbocycles. The summed E-state index contributed by atoms with van der Waals surface area (Å²) in [5.41, 5.74) is 0.807. The van der Waals surface area contributed by atoms with Crippen LogP contribution in [0.4, 0.5) is 0 Å². The molecule has 0 aliphatic carbocycles. The summed E-state index contributed by atoms with van der Waals surface area (Å²) in [6, 6.07) is 3.08. The number of nitrogens with zero attached hydrogens (tertiary/aromatic N) is 1. The first kappa shape index (κ1) is 11.8. The average molecular weight is 227 g/mol. The van der Waals surface area contributed by atoms with E-state index in [0.29, 0.717) is 11.4 Å². The van der Waals surface area contributed by atoms with E-state index >= 15 is 0 Å². The smallest absolute Gasteiger partial charge is 0.337 e. The van der Waals surface area contributed by atoms with Gasteiger partial charge < -0.3 is 5.11 Å². The predicted molar refractivity (Wildman–Crippen MR) is 58.2 cm³/mol. The van der Waals surface area contributed by atoms with Gasteiger partial charge in [0.05, 0.1) is 17.0 Å². The van der Waals surface area contributed by atoms with Gasteiger partial charge in [0.25, 0.3) is 0 Å². The van der Waals surface area contributed by atoms with Crippen LogP contribution in [-0.4, -0.2) is 25.5 Å². The molecule has 0 spiro atoms. The quantitative estimate of drug-likeness (QED) is 0.845. The fourth-order valence-electron chi connectivity index (χ4n) is 0.949. The molecule has 0 bridgehead atoms. The monoisotopic (exact) mass is 227 g/mol. The Labute approximate surface area is 90.8 Å². The maximum atomic E-state index is 11.5. The highest BCUT2D eigenvalue weighted by Gasteiger charge is 2.08. The van der Waals surface area contributed by atoms with Crippen molar-refractivity contribution < 1.29 is 14.1 Å². The second kappa shape index (κ2) is 5.02. The maximum Gasteiger partial charge on any atom is 0.337 e. The zero-order valence-corrected chi connectivity index (χ0v) is 9.45. The van der Waals surface area contributed by atoms with Gasteiger partial charge >= 0.3 is 5.97 Å². The molecular weight excluding hydrogens is 214 g/mol. The minimum atomic E-state index is -1.00. The molecular formula is C10H13NO3S. The fraction of sp³-hybridized carbons (Fsp3) is 0.400. The summed E-state index contributed by atoms with van der Waals surface area (Å²) in [6.45, 7) is 3.75.